The summed E-state index contributed by atoms with van der Waals surface area (Å²) < 4.78 is 8.42. The van der Waals surface area contributed by atoms with Crippen molar-refractivity contribution in [2.24, 2.45) is 0 Å². The molecule has 3 heterocycles. The summed E-state index contributed by atoms with van der Waals surface area (Å²) in [5.74, 6) is 0.738. The van der Waals surface area contributed by atoms with E-state index < -0.39 is 0 Å². The van der Waals surface area contributed by atoms with Gasteiger partial charge < -0.3 is 9.30 Å². The van der Waals surface area contributed by atoms with E-state index in [1.54, 1.807) is 10.5 Å². The lowest BCUT2D eigenvalue weighted by molar-refractivity contribution is -0.000892. The van der Waals surface area contributed by atoms with Crippen molar-refractivity contribution < 1.29 is 9.53 Å². The molecule has 0 unspecified atom stereocenters. The van der Waals surface area contributed by atoms with Crippen molar-refractivity contribution >= 4 is 22.7 Å². The Bertz CT molecular complexity index is 1170. The van der Waals surface area contributed by atoms with Crippen LogP contribution in [0.5, 0.6) is 0 Å². The van der Waals surface area contributed by atoms with Gasteiger partial charge >= 0.3 is 6.09 Å². The van der Waals surface area contributed by atoms with Crippen LogP contribution < -0.4 is 4.90 Å². The predicted octanol–water partition coefficient (Wildman–Crippen LogP) is 6.09. The van der Waals surface area contributed by atoms with E-state index in [1.165, 1.54) is 29.3 Å². The largest absolute Gasteiger partial charge is 0.441 e. The number of hydrogen-bond acceptors (Lipinski definition) is 3. The van der Waals surface area contributed by atoms with E-state index in [-0.39, 0.29) is 11.7 Å². The molecule has 2 aliphatic heterocycles. The highest BCUT2D eigenvalue weighted by molar-refractivity contribution is 5.90. The molecule has 3 aromatic rings. The standard InChI is InChI=1S/C28H33N3O2/c1-20(2)30-18-22(26-24(21-11-12-21)9-6-10-25(26)30)17-29-15-13-28(14-16-29)19-31(27(32)33-28)23-7-4-3-5-8-23/h3-10,18,20-21H,11-17,19H2,1-2H3. The molecule has 2 aromatic carbocycles. The zero-order chi connectivity index (χ0) is 22.6. The summed E-state index contributed by atoms with van der Waals surface area (Å²) in [6.45, 7) is 8.06. The van der Waals surface area contributed by atoms with Gasteiger partial charge in [-0.3, -0.25) is 9.80 Å². The van der Waals surface area contributed by atoms with Crippen molar-refractivity contribution in [2.75, 3.05) is 24.5 Å². The highest BCUT2D eigenvalue weighted by atomic mass is 16.6. The van der Waals surface area contributed by atoms with Crippen LogP contribution in [0.3, 0.4) is 0 Å². The highest BCUT2D eigenvalue weighted by Crippen LogP contribution is 2.45. The second-order valence-corrected chi connectivity index (χ2v) is 10.4. The molecule has 0 N–H and O–H groups in total. The lowest BCUT2D eigenvalue weighted by Gasteiger charge is -2.37. The fraction of sp³-hybridized carbons (Fsp3) is 0.464. The maximum absolute atomic E-state index is 12.6. The molecule has 0 radical (unpaired) electrons. The van der Waals surface area contributed by atoms with Crippen LogP contribution in [0, 0.1) is 0 Å². The lowest BCUT2D eigenvalue weighted by atomic mass is 9.91. The van der Waals surface area contributed by atoms with Crippen molar-refractivity contribution in [1.29, 1.82) is 0 Å². The molecule has 1 aliphatic carbocycles. The molecule has 1 saturated carbocycles. The third-order valence-corrected chi connectivity index (χ3v) is 7.74. The van der Waals surface area contributed by atoms with Crippen LogP contribution in [0.4, 0.5) is 10.5 Å². The molecule has 6 rings (SSSR count). The summed E-state index contributed by atoms with van der Waals surface area (Å²) in [4.78, 5) is 17.0. The zero-order valence-corrected chi connectivity index (χ0v) is 19.7. The average molecular weight is 444 g/mol. The average Bonchev–Trinajstić information content (AvgIpc) is 3.53. The Morgan fingerprint density at radius 1 is 1.03 bits per heavy atom. The number of carbonyl (C=O) groups excluding carboxylic acids is 1. The van der Waals surface area contributed by atoms with Crippen LogP contribution in [-0.2, 0) is 11.3 Å². The fourth-order valence-corrected chi connectivity index (χ4v) is 5.76. The van der Waals surface area contributed by atoms with E-state index in [4.69, 9.17) is 4.74 Å². The van der Waals surface area contributed by atoms with Crippen LogP contribution >= 0.6 is 0 Å². The molecule has 5 heteroatoms. The SMILES string of the molecule is CC(C)n1cc(CN2CCC3(CC2)CN(c2ccccc2)C(=O)O3)c2c(C3CC3)cccc21. The summed E-state index contributed by atoms with van der Waals surface area (Å²) in [6.07, 6.45) is 6.60. The summed E-state index contributed by atoms with van der Waals surface area (Å²) in [6, 6.07) is 17.2. The quantitative estimate of drug-likeness (QED) is 0.479. The maximum Gasteiger partial charge on any atom is 0.415 e. The monoisotopic (exact) mass is 443 g/mol. The first-order valence-corrected chi connectivity index (χ1v) is 12.4. The van der Waals surface area contributed by atoms with Gasteiger partial charge in [0, 0.05) is 61.3 Å². The first kappa shape index (κ1) is 20.8. The van der Waals surface area contributed by atoms with Gasteiger partial charge in [0.25, 0.3) is 0 Å². The van der Waals surface area contributed by atoms with Gasteiger partial charge in [0.15, 0.2) is 0 Å². The predicted molar refractivity (Wildman–Crippen MR) is 132 cm³/mol. The van der Waals surface area contributed by atoms with Gasteiger partial charge in [-0.15, -0.1) is 0 Å². The Morgan fingerprint density at radius 3 is 2.48 bits per heavy atom. The number of anilines is 1. The first-order valence-electron chi connectivity index (χ1n) is 12.4. The second-order valence-electron chi connectivity index (χ2n) is 10.4. The Hall–Kier alpha value is -2.79. The summed E-state index contributed by atoms with van der Waals surface area (Å²) in [7, 11) is 0. The van der Waals surface area contributed by atoms with Crippen molar-refractivity contribution in [3.8, 4) is 0 Å². The number of nitrogens with zero attached hydrogens (tertiary/aromatic N) is 3. The Kier molecular flexibility index (Phi) is 4.98. The number of rotatable bonds is 5. The molecule has 3 aliphatic rings. The number of likely N-dealkylation sites (tertiary alicyclic amines) is 1. The Morgan fingerprint density at radius 2 is 1.79 bits per heavy atom. The van der Waals surface area contributed by atoms with Crippen molar-refractivity contribution in [3.05, 3.63) is 65.9 Å². The van der Waals surface area contributed by atoms with E-state index in [1.807, 2.05) is 30.3 Å². The molecular weight excluding hydrogens is 410 g/mol. The van der Waals surface area contributed by atoms with Crippen LogP contribution in [0.25, 0.3) is 10.9 Å². The van der Waals surface area contributed by atoms with Crippen molar-refractivity contribution in [3.63, 3.8) is 0 Å². The Balaban J connectivity index is 1.20. The van der Waals surface area contributed by atoms with E-state index >= 15 is 0 Å². The smallest absolute Gasteiger partial charge is 0.415 e. The third kappa shape index (κ3) is 3.72. The van der Waals surface area contributed by atoms with Crippen LogP contribution in [-0.4, -0.2) is 40.8 Å². The van der Waals surface area contributed by atoms with Crippen LogP contribution in [0.2, 0.25) is 0 Å². The normalized spacial score (nSPS) is 20.8. The van der Waals surface area contributed by atoms with Gasteiger partial charge in [-0.05, 0) is 61.9 Å². The number of fused-ring (bicyclic) bond motifs is 1. The molecule has 5 nitrogen and oxygen atoms in total. The van der Waals surface area contributed by atoms with Crippen molar-refractivity contribution in [2.45, 2.75) is 63.6 Å². The lowest BCUT2D eigenvalue weighted by Crippen LogP contribution is -2.46. The number of aromatic nitrogens is 1. The van der Waals surface area contributed by atoms with Gasteiger partial charge in [-0.1, -0.05) is 30.3 Å². The van der Waals surface area contributed by atoms with Crippen LogP contribution in [0.15, 0.2) is 54.7 Å². The summed E-state index contributed by atoms with van der Waals surface area (Å²) in [5, 5.41) is 1.48. The topological polar surface area (TPSA) is 37.7 Å². The maximum atomic E-state index is 12.6. The van der Waals surface area contributed by atoms with Gasteiger partial charge in [0.1, 0.15) is 5.60 Å². The number of hydrogen-bond donors (Lipinski definition) is 0. The molecular formula is C28H33N3O2. The fourth-order valence-electron chi connectivity index (χ4n) is 5.76. The molecule has 33 heavy (non-hydrogen) atoms. The van der Waals surface area contributed by atoms with E-state index in [0.29, 0.717) is 12.6 Å². The minimum Gasteiger partial charge on any atom is -0.441 e. The molecule has 0 atom stereocenters. The number of ether oxygens (including phenoxy) is 1. The number of carbonyl (C=O) groups is 1. The number of amides is 1. The van der Waals surface area contributed by atoms with E-state index in [9.17, 15) is 4.79 Å². The zero-order valence-electron chi connectivity index (χ0n) is 19.7. The van der Waals surface area contributed by atoms with Gasteiger partial charge in [-0.2, -0.15) is 0 Å². The van der Waals surface area contributed by atoms with E-state index in [0.717, 1.165) is 44.1 Å². The molecule has 3 fully saturated rings. The third-order valence-electron chi connectivity index (χ3n) is 7.74. The Labute approximate surface area is 195 Å². The summed E-state index contributed by atoms with van der Waals surface area (Å²) >= 11 is 0. The number of piperidine rings is 1. The minimum absolute atomic E-state index is 0.205. The second kappa shape index (κ2) is 7.91. The van der Waals surface area contributed by atoms with Crippen molar-refractivity contribution in [1.82, 2.24) is 9.47 Å². The van der Waals surface area contributed by atoms with Gasteiger partial charge in [-0.25, -0.2) is 4.79 Å². The number of para-hydroxylation sites is 1. The molecule has 1 aromatic heterocycles. The molecule has 1 amide bonds. The number of benzene rings is 2. The molecule has 0 bridgehead atoms. The highest BCUT2D eigenvalue weighted by Gasteiger charge is 2.47. The molecule has 172 valence electrons. The summed E-state index contributed by atoms with van der Waals surface area (Å²) in [5.41, 5.74) is 4.94. The van der Waals surface area contributed by atoms with E-state index in [2.05, 4.69) is 47.7 Å². The molecule has 2 saturated heterocycles. The molecule has 1 spiro atoms. The minimum atomic E-state index is -0.353. The van der Waals surface area contributed by atoms with Crippen LogP contribution in [0.1, 0.15) is 62.6 Å². The van der Waals surface area contributed by atoms with Gasteiger partial charge in [0.2, 0.25) is 0 Å². The first-order chi connectivity index (χ1) is 16.0. The van der Waals surface area contributed by atoms with Gasteiger partial charge in [0.05, 0.1) is 6.54 Å².